The molecule has 100 valence electrons. The first-order valence-electron chi connectivity index (χ1n) is 5.41. The summed E-state index contributed by atoms with van der Waals surface area (Å²) >= 11 is 3.01. The van der Waals surface area contributed by atoms with Crippen LogP contribution in [0.3, 0.4) is 0 Å². The minimum absolute atomic E-state index is 0.184. The number of nitrogens with one attached hydrogen (secondary N) is 1. The van der Waals surface area contributed by atoms with Gasteiger partial charge in [0.15, 0.2) is 0 Å². The van der Waals surface area contributed by atoms with Gasteiger partial charge >= 0.3 is 0 Å². The van der Waals surface area contributed by atoms with Crippen LogP contribution in [0.5, 0.6) is 0 Å². The third kappa shape index (κ3) is 3.28. The zero-order valence-electron chi connectivity index (χ0n) is 9.72. The van der Waals surface area contributed by atoms with Gasteiger partial charge in [0.2, 0.25) is 0 Å². The third-order valence-corrected chi connectivity index (χ3v) is 3.09. The number of nitro benzene ring substituents is 1. The summed E-state index contributed by atoms with van der Waals surface area (Å²) in [6.45, 7) is 1.07. The molecule has 1 aromatic heterocycles. The fraction of sp³-hybridized carbons (Fsp3) is 0.182. The molecule has 0 radical (unpaired) electrons. The van der Waals surface area contributed by atoms with Gasteiger partial charge in [0.1, 0.15) is 11.5 Å². The molecule has 1 heterocycles. The predicted molar refractivity (Wildman–Crippen MR) is 71.5 cm³/mol. The Labute approximate surface area is 116 Å². The lowest BCUT2D eigenvalue weighted by Gasteiger charge is -2.08. The molecule has 8 heteroatoms. The fourth-order valence-electron chi connectivity index (χ4n) is 1.57. The van der Waals surface area contributed by atoms with Crippen LogP contribution in [-0.4, -0.2) is 21.0 Å². The molecule has 0 saturated carbocycles. The van der Waals surface area contributed by atoms with Crippen molar-refractivity contribution in [1.82, 2.24) is 9.55 Å². The first-order chi connectivity index (χ1) is 9.08. The van der Waals surface area contributed by atoms with Gasteiger partial charge < -0.3 is 9.88 Å². The molecule has 0 unspecified atom stereocenters. The molecule has 0 aliphatic heterocycles. The van der Waals surface area contributed by atoms with Crippen LogP contribution in [0.1, 0.15) is 0 Å². The average molecular weight is 329 g/mol. The SMILES string of the molecule is O=[N+]([O-])c1cc(F)c(Br)cc1NCCn1ccnc1. The Morgan fingerprint density at radius 1 is 1.53 bits per heavy atom. The number of hydrogen-bond acceptors (Lipinski definition) is 4. The zero-order valence-corrected chi connectivity index (χ0v) is 11.3. The number of imidazole rings is 1. The van der Waals surface area contributed by atoms with E-state index < -0.39 is 10.7 Å². The van der Waals surface area contributed by atoms with E-state index in [1.807, 2.05) is 4.57 Å². The van der Waals surface area contributed by atoms with Crippen molar-refractivity contribution >= 4 is 27.3 Å². The predicted octanol–water partition coefficient (Wildman–Crippen LogP) is 2.80. The molecule has 19 heavy (non-hydrogen) atoms. The number of anilines is 1. The van der Waals surface area contributed by atoms with Crippen molar-refractivity contribution < 1.29 is 9.31 Å². The molecular weight excluding hydrogens is 319 g/mol. The van der Waals surface area contributed by atoms with E-state index >= 15 is 0 Å². The summed E-state index contributed by atoms with van der Waals surface area (Å²) in [5, 5.41) is 13.8. The van der Waals surface area contributed by atoms with E-state index in [2.05, 4.69) is 26.2 Å². The Morgan fingerprint density at radius 3 is 2.95 bits per heavy atom. The van der Waals surface area contributed by atoms with Crippen LogP contribution in [0.25, 0.3) is 0 Å². The minimum atomic E-state index is -0.660. The highest BCUT2D eigenvalue weighted by Gasteiger charge is 2.17. The zero-order chi connectivity index (χ0) is 13.8. The molecule has 0 atom stereocenters. The van der Waals surface area contributed by atoms with Gasteiger partial charge in [0.25, 0.3) is 5.69 Å². The lowest BCUT2D eigenvalue weighted by molar-refractivity contribution is -0.384. The fourth-order valence-corrected chi connectivity index (χ4v) is 1.91. The Morgan fingerprint density at radius 2 is 2.32 bits per heavy atom. The molecule has 6 nitrogen and oxygen atoms in total. The minimum Gasteiger partial charge on any atom is -0.378 e. The Kier molecular flexibility index (Phi) is 4.10. The van der Waals surface area contributed by atoms with E-state index in [-0.39, 0.29) is 15.8 Å². The second-order valence-corrected chi connectivity index (χ2v) is 4.62. The highest BCUT2D eigenvalue weighted by molar-refractivity contribution is 9.10. The molecule has 2 aromatic rings. The molecule has 0 saturated heterocycles. The van der Waals surface area contributed by atoms with Crippen molar-refractivity contribution in [3.8, 4) is 0 Å². The monoisotopic (exact) mass is 328 g/mol. The van der Waals surface area contributed by atoms with E-state index in [1.54, 1.807) is 18.7 Å². The second kappa shape index (κ2) is 5.79. The summed E-state index contributed by atoms with van der Waals surface area (Å²) in [5.41, 5.74) is -0.00952. The van der Waals surface area contributed by atoms with Gasteiger partial charge in [-0.2, -0.15) is 0 Å². The lowest BCUT2D eigenvalue weighted by atomic mass is 10.2. The van der Waals surface area contributed by atoms with Crippen LogP contribution in [0.2, 0.25) is 0 Å². The largest absolute Gasteiger partial charge is 0.378 e. The topological polar surface area (TPSA) is 73.0 Å². The number of nitro groups is 1. The number of aromatic nitrogens is 2. The maximum atomic E-state index is 13.3. The van der Waals surface area contributed by atoms with E-state index in [1.165, 1.54) is 6.07 Å². The first-order valence-corrected chi connectivity index (χ1v) is 6.20. The molecule has 0 aliphatic rings. The van der Waals surface area contributed by atoms with Crippen molar-refractivity contribution in [2.75, 3.05) is 11.9 Å². The van der Waals surface area contributed by atoms with Crippen molar-refractivity contribution in [3.63, 3.8) is 0 Å². The highest BCUT2D eigenvalue weighted by atomic mass is 79.9. The second-order valence-electron chi connectivity index (χ2n) is 3.77. The van der Waals surface area contributed by atoms with Crippen molar-refractivity contribution in [1.29, 1.82) is 0 Å². The van der Waals surface area contributed by atoms with Gasteiger partial charge in [0, 0.05) is 25.5 Å². The first kappa shape index (κ1) is 13.5. The van der Waals surface area contributed by atoms with Crippen LogP contribution >= 0.6 is 15.9 Å². The number of rotatable bonds is 5. The van der Waals surface area contributed by atoms with Gasteiger partial charge in [-0.1, -0.05) is 0 Å². The van der Waals surface area contributed by atoms with Gasteiger partial charge in [-0.3, -0.25) is 10.1 Å². The van der Waals surface area contributed by atoms with Crippen LogP contribution in [0.15, 0.2) is 35.3 Å². The van der Waals surface area contributed by atoms with Crippen LogP contribution < -0.4 is 5.32 Å². The van der Waals surface area contributed by atoms with Gasteiger partial charge in [-0.25, -0.2) is 9.37 Å². The molecule has 0 bridgehead atoms. The normalized spacial score (nSPS) is 10.4. The van der Waals surface area contributed by atoms with Gasteiger partial charge in [-0.15, -0.1) is 0 Å². The van der Waals surface area contributed by atoms with Crippen molar-refractivity contribution in [3.05, 3.63) is 51.3 Å². The van der Waals surface area contributed by atoms with Crippen LogP contribution in [-0.2, 0) is 6.54 Å². The number of halogens is 2. The maximum Gasteiger partial charge on any atom is 0.295 e. The van der Waals surface area contributed by atoms with Crippen LogP contribution in [0, 0.1) is 15.9 Å². The number of hydrogen-bond donors (Lipinski definition) is 1. The molecule has 0 amide bonds. The summed E-state index contributed by atoms with van der Waals surface area (Å²) in [7, 11) is 0. The molecule has 2 rings (SSSR count). The molecule has 1 N–H and O–H groups in total. The van der Waals surface area contributed by atoms with E-state index in [9.17, 15) is 14.5 Å². The smallest absolute Gasteiger partial charge is 0.295 e. The van der Waals surface area contributed by atoms with E-state index in [0.29, 0.717) is 13.1 Å². The van der Waals surface area contributed by atoms with Gasteiger partial charge in [-0.05, 0) is 22.0 Å². The molecule has 0 aliphatic carbocycles. The Hall–Kier alpha value is -1.96. The number of benzene rings is 1. The Bertz CT molecular complexity index is 589. The molecule has 0 fully saturated rings. The standard InChI is InChI=1S/C11H10BrFN4O2/c12-8-5-10(11(17(18)19)6-9(8)13)15-2-4-16-3-1-14-7-16/h1,3,5-7,15H,2,4H2. The van der Waals surface area contributed by atoms with Crippen molar-refractivity contribution in [2.45, 2.75) is 6.54 Å². The summed E-state index contributed by atoms with van der Waals surface area (Å²) < 4.78 is 15.3. The van der Waals surface area contributed by atoms with Gasteiger partial charge in [0.05, 0.1) is 21.8 Å². The average Bonchev–Trinajstić information content (AvgIpc) is 2.86. The van der Waals surface area contributed by atoms with Crippen molar-refractivity contribution in [2.24, 2.45) is 0 Å². The summed E-state index contributed by atoms with van der Waals surface area (Å²) in [4.78, 5) is 14.1. The quantitative estimate of drug-likeness (QED) is 0.676. The third-order valence-electron chi connectivity index (χ3n) is 2.48. The maximum absolute atomic E-state index is 13.3. The number of nitrogens with zero attached hydrogens (tertiary/aromatic N) is 3. The highest BCUT2D eigenvalue weighted by Crippen LogP contribution is 2.30. The summed E-state index contributed by atoms with van der Waals surface area (Å²) in [6.07, 6.45) is 5.09. The summed E-state index contributed by atoms with van der Waals surface area (Å²) in [5.74, 6) is -0.660. The summed E-state index contributed by atoms with van der Waals surface area (Å²) in [6, 6.07) is 2.25. The molecular formula is C11H10BrFN4O2. The molecule has 1 aromatic carbocycles. The van der Waals surface area contributed by atoms with Crippen LogP contribution in [0.4, 0.5) is 15.8 Å². The molecule has 0 spiro atoms. The lowest BCUT2D eigenvalue weighted by Crippen LogP contribution is -2.10. The van der Waals surface area contributed by atoms with E-state index in [4.69, 9.17) is 0 Å². The Balaban J connectivity index is 2.10. The van der Waals surface area contributed by atoms with E-state index in [0.717, 1.165) is 6.07 Å².